The van der Waals surface area contributed by atoms with Gasteiger partial charge in [-0.2, -0.15) is 16.7 Å². The van der Waals surface area contributed by atoms with E-state index in [2.05, 4.69) is 24.0 Å². The van der Waals surface area contributed by atoms with Gasteiger partial charge in [0, 0.05) is 12.0 Å². The fourth-order valence-electron chi connectivity index (χ4n) is 2.33. The molecule has 1 aliphatic rings. The van der Waals surface area contributed by atoms with Crippen molar-refractivity contribution in [3.8, 4) is 0 Å². The molecule has 1 fully saturated rings. The number of hydrogen-bond acceptors (Lipinski definition) is 5. The zero-order valence-corrected chi connectivity index (χ0v) is 12.1. The lowest BCUT2D eigenvalue weighted by Crippen LogP contribution is -2.26. The summed E-state index contributed by atoms with van der Waals surface area (Å²) in [6.45, 7) is 4.44. The van der Waals surface area contributed by atoms with Gasteiger partial charge in [-0.05, 0) is 30.9 Å². The third kappa shape index (κ3) is 3.99. The van der Waals surface area contributed by atoms with Crippen LogP contribution in [0, 0.1) is 5.92 Å². The van der Waals surface area contributed by atoms with Crippen LogP contribution >= 0.6 is 11.8 Å². The van der Waals surface area contributed by atoms with Gasteiger partial charge >= 0.3 is 0 Å². The van der Waals surface area contributed by atoms with E-state index in [0.29, 0.717) is 17.9 Å². The first-order valence-electron chi connectivity index (χ1n) is 6.81. The zero-order chi connectivity index (χ0) is 13.0. The maximum Gasteiger partial charge on any atom is 0.229 e. The molecule has 2 N–H and O–H groups in total. The summed E-state index contributed by atoms with van der Waals surface area (Å²) >= 11 is 1.87. The van der Waals surface area contributed by atoms with E-state index in [1.807, 2.05) is 11.8 Å². The van der Waals surface area contributed by atoms with E-state index in [-0.39, 0.29) is 0 Å². The van der Waals surface area contributed by atoms with Crippen LogP contribution < -0.4 is 5.73 Å². The van der Waals surface area contributed by atoms with Crippen LogP contribution in [0.4, 0.5) is 0 Å². The van der Waals surface area contributed by atoms with E-state index < -0.39 is 0 Å². The summed E-state index contributed by atoms with van der Waals surface area (Å²) in [6, 6.07) is 0.300. The molecule has 5 heteroatoms. The van der Waals surface area contributed by atoms with Crippen molar-refractivity contribution in [3.05, 3.63) is 11.7 Å². The molecule has 1 aromatic heterocycles. The molecule has 0 aliphatic heterocycles. The minimum absolute atomic E-state index is 0.300. The van der Waals surface area contributed by atoms with Crippen LogP contribution in [-0.2, 0) is 5.75 Å². The van der Waals surface area contributed by atoms with E-state index in [1.165, 1.54) is 6.42 Å². The SMILES string of the molecule is CC(C)CSCc1noc(C2CCCC(N)C2)n1. The lowest BCUT2D eigenvalue weighted by atomic mass is 9.86. The topological polar surface area (TPSA) is 64.9 Å². The van der Waals surface area contributed by atoms with Crippen LogP contribution in [0.1, 0.15) is 57.2 Å². The molecular formula is C13H23N3OS. The van der Waals surface area contributed by atoms with Crippen molar-refractivity contribution in [1.82, 2.24) is 10.1 Å². The molecule has 18 heavy (non-hydrogen) atoms. The first-order valence-corrected chi connectivity index (χ1v) is 7.96. The Morgan fingerprint density at radius 1 is 1.44 bits per heavy atom. The Balaban J connectivity index is 1.85. The highest BCUT2D eigenvalue weighted by molar-refractivity contribution is 7.98. The van der Waals surface area contributed by atoms with Gasteiger partial charge in [0.05, 0.1) is 5.75 Å². The molecule has 2 unspecified atom stereocenters. The normalized spacial score (nSPS) is 24.7. The summed E-state index contributed by atoms with van der Waals surface area (Å²) in [6.07, 6.45) is 4.42. The predicted molar refractivity (Wildman–Crippen MR) is 74.5 cm³/mol. The Kier molecular flexibility index (Phi) is 5.06. The summed E-state index contributed by atoms with van der Waals surface area (Å²) in [5, 5.41) is 4.07. The summed E-state index contributed by atoms with van der Waals surface area (Å²) in [4.78, 5) is 4.51. The van der Waals surface area contributed by atoms with Crippen molar-refractivity contribution in [1.29, 1.82) is 0 Å². The van der Waals surface area contributed by atoms with Gasteiger partial charge in [-0.3, -0.25) is 0 Å². The monoisotopic (exact) mass is 269 g/mol. The molecule has 4 nitrogen and oxygen atoms in total. The average Bonchev–Trinajstić information content (AvgIpc) is 2.77. The lowest BCUT2D eigenvalue weighted by Gasteiger charge is -2.23. The van der Waals surface area contributed by atoms with E-state index in [0.717, 1.165) is 42.5 Å². The summed E-state index contributed by atoms with van der Waals surface area (Å²) in [7, 11) is 0. The number of nitrogens with zero attached hydrogens (tertiary/aromatic N) is 2. The standard InChI is InChI=1S/C13H23N3OS/c1-9(2)7-18-8-12-15-13(17-16-12)10-4-3-5-11(14)6-10/h9-11H,3-8,14H2,1-2H3. The minimum atomic E-state index is 0.300. The lowest BCUT2D eigenvalue weighted by molar-refractivity contribution is 0.297. The van der Waals surface area contributed by atoms with Crippen molar-refractivity contribution in [3.63, 3.8) is 0 Å². The highest BCUT2D eigenvalue weighted by atomic mass is 32.2. The number of aromatic nitrogens is 2. The molecule has 0 saturated heterocycles. The number of nitrogens with two attached hydrogens (primary N) is 1. The molecule has 0 bridgehead atoms. The number of rotatable bonds is 5. The molecule has 2 rings (SSSR count). The van der Waals surface area contributed by atoms with Gasteiger partial charge in [-0.1, -0.05) is 25.4 Å². The highest BCUT2D eigenvalue weighted by Crippen LogP contribution is 2.31. The fourth-order valence-corrected chi connectivity index (χ4v) is 3.22. The highest BCUT2D eigenvalue weighted by Gasteiger charge is 2.25. The largest absolute Gasteiger partial charge is 0.339 e. The Hall–Kier alpha value is -0.550. The van der Waals surface area contributed by atoms with Gasteiger partial charge in [0.25, 0.3) is 0 Å². The molecule has 1 aromatic rings. The Morgan fingerprint density at radius 2 is 2.28 bits per heavy atom. The molecule has 2 atom stereocenters. The zero-order valence-electron chi connectivity index (χ0n) is 11.3. The minimum Gasteiger partial charge on any atom is -0.339 e. The molecule has 1 heterocycles. The molecule has 102 valence electrons. The Labute approximate surface area is 113 Å². The third-order valence-corrected chi connectivity index (χ3v) is 4.59. The Bertz CT molecular complexity index is 367. The molecule has 1 saturated carbocycles. The van der Waals surface area contributed by atoms with Gasteiger partial charge < -0.3 is 10.3 Å². The molecule has 1 aliphatic carbocycles. The van der Waals surface area contributed by atoms with Crippen molar-refractivity contribution >= 4 is 11.8 Å². The van der Waals surface area contributed by atoms with E-state index >= 15 is 0 Å². The smallest absolute Gasteiger partial charge is 0.229 e. The second-order valence-electron chi connectivity index (χ2n) is 5.58. The van der Waals surface area contributed by atoms with Crippen LogP contribution in [0.15, 0.2) is 4.52 Å². The Morgan fingerprint density at radius 3 is 3.00 bits per heavy atom. The number of thioether (sulfide) groups is 1. The van der Waals surface area contributed by atoms with Crippen molar-refractivity contribution in [2.45, 2.75) is 57.2 Å². The predicted octanol–water partition coefficient (Wildman–Crippen LogP) is 2.94. The van der Waals surface area contributed by atoms with Gasteiger partial charge in [-0.25, -0.2) is 0 Å². The van der Waals surface area contributed by atoms with Gasteiger partial charge in [0.2, 0.25) is 5.89 Å². The van der Waals surface area contributed by atoms with E-state index in [4.69, 9.17) is 10.3 Å². The first kappa shape index (κ1) is 13.9. The van der Waals surface area contributed by atoms with Gasteiger partial charge in [0.1, 0.15) is 0 Å². The number of hydrogen-bond donors (Lipinski definition) is 1. The van der Waals surface area contributed by atoms with Gasteiger partial charge in [0.15, 0.2) is 5.82 Å². The van der Waals surface area contributed by atoms with Gasteiger partial charge in [-0.15, -0.1) is 0 Å². The quantitative estimate of drug-likeness (QED) is 0.890. The second kappa shape index (κ2) is 6.57. The fraction of sp³-hybridized carbons (Fsp3) is 0.846. The average molecular weight is 269 g/mol. The van der Waals surface area contributed by atoms with Crippen molar-refractivity contribution < 1.29 is 4.52 Å². The van der Waals surface area contributed by atoms with Crippen molar-refractivity contribution in [2.75, 3.05) is 5.75 Å². The molecule has 0 aromatic carbocycles. The summed E-state index contributed by atoms with van der Waals surface area (Å²) < 4.78 is 5.38. The first-order chi connectivity index (χ1) is 8.65. The van der Waals surface area contributed by atoms with Crippen LogP contribution in [0.3, 0.4) is 0 Å². The van der Waals surface area contributed by atoms with Crippen LogP contribution in [0.2, 0.25) is 0 Å². The molecular weight excluding hydrogens is 246 g/mol. The summed E-state index contributed by atoms with van der Waals surface area (Å²) in [5.41, 5.74) is 5.99. The van der Waals surface area contributed by atoms with Crippen LogP contribution in [0.5, 0.6) is 0 Å². The van der Waals surface area contributed by atoms with E-state index in [1.54, 1.807) is 0 Å². The van der Waals surface area contributed by atoms with Crippen LogP contribution in [-0.4, -0.2) is 21.9 Å². The maximum absolute atomic E-state index is 5.99. The maximum atomic E-state index is 5.99. The molecule has 0 spiro atoms. The molecule has 0 radical (unpaired) electrons. The third-order valence-electron chi connectivity index (χ3n) is 3.23. The van der Waals surface area contributed by atoms with Crippen molar-refractivity contribution in [2.24, 2.45) is 11.7 Å². The van der Waals surface area contributed by atoms with Crippen LogP contribution in [0.25, 0.3) is 0 Å². The molecule has 0 amide bonds. The van der Waals surface area contributed by atoms with E-state index in [9.17, 15) is 0 Å². The second-order valence-corrected chi connectivity index (χ2v) is 6.61. The summed E-state index contributed by atoms with van der Waals surface area (Å²) in [5.74, 6) is 4.70.